The van der Waals surface area contributed by atoms with E-state index in [0.29, 0.717) is 12.3 Å². The van der Waals surface area contributed by atoms with Crippen molar-refractivity contribution in [2.24, 2.45) is 0 Å². The lowest BCUT2D eigenvalue weighted by molar-refractivity contribution is -0.858. The Bertz CT molecular complexity index is 842. The molecule has 0 unspecified atom stereocenters. The molecule has 0 spiro atoms. The molecule has 1 aromatic carbocycles. The van der Waals surface area contributed by atoms with E-state index < -0.39 is 16.7 Å². The molecule has 0 aliphatic rings. The van der Waals surface area contributed by atoms with Crippen molar-refractivity contribution < 1.29 is 23.8 Å². The molecule has 2 aromatic rings. The number of carbonyl (C=O) groups is 2. The van der Waals surface area contributed by atoms with Crippen LogP contribution >= 0.6 is 0 Å². The molecule has 1 heterocycles. The SMILES string of the molecule is C[NH+](C)CCCNC(=O)/C(=C\c1ccco1)NC(=O)c1ccc([N+](=O)[O-])cc1. The summed E-state index contributed by atoms with van der Waals surface area (Å²) in [6.45, 7) is 1.36. The van der Waals surface area contributed by atoms with Gasteiger partial charge in [0, 0.05) is 36.7 Å². The third kappa shape index (κ3) is 6.36. The molecule has 0 aliphatic carbocycles. The summed E-state index contributed by atoms with van der Waals surface area (Å²) < 4.78 is 5.21. The minimum absolute atomic E-state index is 0.0236. The molecule has 0 aliphatic heterocycles. The number of nitrogens with one attached hydrogen (secondary N) is 3. The Morgan fingerprint density at radius 3 is 2.50 bits per heavy atom. The van der Waals surface area contributed by atoms with E-state index in [1.165, 1.54) is 41.5 Å². The molecule has 0 saturated heterocycles. The molecule has 28 heavy (non-hydrogen) atoms. The van der Waals surface area contributed by atoms with Crippen LogP contribution in [0.1, 0.15) is 22.5 Å². The number of quaternary nitrogens is 1. The van der Waals surface area contributed by atoms with E-state index >= 15 is 0 Å². The van der Waals surface area contributed by atoms with Crippen molar-refractivity contribution in [1.82, 2.24) is 10.6 Å². The van der Waals surface area contributed by atoms with E-state index in [9.17, 15) is 19.7 Å². The van der Waals surface area contributed by atoms with Gasteiger partial charge in [-0.3, -0.25) is 19.7 Å². The predicted molar refractivity (Wildman–Crippen MR) is 103 cm³/mol. The Hall–Kier alpha value is -3.46. The van der Waals surface area contributed by atoms with Crippen molar-refractivity contribution in [1.29, 1.82) is 0 Å². The van der Waals surface area contributed by atoms with Gasteiger partial charge in [-0.15, -0.1) is 0 Å². The molecule has 2 amide bonds. The Balaban J connectivity index is 2.09. The van der Waals surface area contributed by atoms with Crippen LogP contribution in [0.3, 0.4) is 0 Å². The highest BCUT2D eigenvalue weighted by Gasteiger charge is 2.16. The number of nitro benzene ring substituents is 1. The number of rotatable bonds is 9. The van der Waals surface area contributed by atoms with Crippen molar-refractivity contribution in [2.45, 2.75) is 6.42 Å². The summed E-state index contributed by atoms with van der Waals surface area (Å²) in [5.74, 6) is -0.590. The monoisotopic (exact) mass is 387 g/mol. The number of benzene rings is 1. The van der Waals surface area contributed by atoms with Gasteiger partial charge in [-0.2, -0.15) is 0 Å². The van der Waals surface area contributed by atoms with Crippen LogP contribution in [0.5, 0.6) is 0 Å². The summed E-state index contributed by atoms with van der Waals surface area (Å²) in [6, 6.07) is 8.44. The third-order valence-electron chi connectivity index (χ3n) is 3.80. The summed E-state index contributed by atoms with van der Waals surface area (Å²) >= 11 is 0. The molecule has 9 heteroatoms. The second-order valence-electron chi connectivity index (χ2n) is 6.40. The molecule has 0 atom stereocenters. The number of nitrogens with zero attached hydrogens (tertiary/aromatic N) is 1. The Morgan fingerprint density at radius 2 is 1.93 bits per heavy atom. The molecule has 9 nitrogen and oxygen atoms in total. The normalized spacial score (nSPS) is 11.3. The van der Waals surface area contributed by atoms with Crippen molar-refractivity contribution in [2.75, 3.05) is 27.2 Å². The maximum atomic E-state index is 12.5. The second-order valence-corrected chi connectivity index (χ2v) is 6.40. The smallest absolute Gasteiger partial charge is 0.269 e. The number of furan rings is 1. The van der Waals surface area contributed by atoms with Crippen LogP contribution in [0.2, 0.25) is 0 Å². The molecular formula is C19H23N4O5+. The first-order valence-electron chi connectivity index (χ1n) is 8.75. The van der Waals surface area contributed by atoms with Crippen LogP contribution in [0.25, 0.3) is 6.08 Å². The van der Waals surface area contributed by atoms with Gasteiger partial charge in [-0.25, -0.2) is 0 Å². The third-order valence-corrected chi connectivity index (χ3v) is 3.80. The Kier molecular flexibility index (Phi) is 7.46. The van der Waals surface area contributed by atoms with E-state index in [4.69, 9.17) is 4.42 Å². The van der Waals surface area contributed by atoms with Gasteiger partial charge in [0.15, 0.2) is 0 Å². The van der Waals surface area contributed by atoms with Gasteiger partial charge < -0.3 is 20.0 Å². The average molecular weight is 387 g/mol. The van der Waals surface area contributed by atoms with E-state index in [2.05, 4.69) is 10.6 Å². The standard InChI is InChI=1S/C19H22N4O5/c1-22(2)11-4-10-20-19(25)17(13-16-5-3-12-28-16)21-18(24)14-6-8-15(9-7-14)23(26)27/h3,5-9,12-13H,4,10-11H2,1-2H3,(H,20,25)(H,21,24)/p+1/b17-13+. The van der Waals surface area contributed by atoms with Gasteiger partial charge in [-0.05, 0) is 24.3 Å². The van der Waals surface area contributed by atoms with E-state index in [1.54, 1.807) is 12.1 Å². The van der Waals surface area contributed by atoms with E-state index in [0.717, 1.165) is 13.0 Å². The minimum atomic E-state index is -0.555. The average Bonchev–Trinajstić information content (AvgIpc) is 3.17. The molecule has 0 bridgehead atoms. The van der Waals surface area contributed by atoms with Gasteiger partial charge in [0.2, 0.25) is 0 Å². The van der Waals surface area contributed by atoms with Crippen LogP contribution in [0, 0.1) is 10.1 Å². The quantitative estimate of drug-likeness (QED) is 0.252. The fourth-order valence-corrected chi connectivity index (χ4v) is 2.34. The Morgan fingerprint density at radius 1 is 1.21 bits per heavy atom. The minimum Gasteiger partial charge on any atom is -0.465 e. The van der Waals surface area contributed by atoms with Gasteiger partial charge in [0.05, 0.1) is 31.8 Å². The first-order chi connectivity index (χ1) is 13.4. The van der Waals surface area contributed by atoms with E-state index in [1.807, 2.05) is 14.1 Å². The lowest BCUT2D eigenvalue weighted by atomic mass is 10.2. The van der Waals surface area contributed by atoms with Crippen LogP contribution < -0.4 is 15.5 Å². The van der Waals surface area contributed by atoms with Gasteiger partial charge in [0.1, 0.15) is 11.5 Å². The fraction of sp³-hybridized carbons (Fsp3) is 0.263. The van der Waals surface area contributed by atoms with Gasteiger partial charge in [-0.1, -0.05) is 0 Å². The molecule has 2 rings (SSSR count). The van der Waals surface area contributed by atoms with Crippen LogP contribution in [-0.4, -0.2) is 43.9 Å². The number of hydrogen-bond donors (Lipinski definition) is 3. The van der Waals surface area contributed by atoms with Crippen molar-refractivity contribution in [3.8, 4) is 0 Å². The van der Waals surface area contributed by atoms with Crippen LogP contribution in [-0.2, 0) is 4.79 Å². The maximum Gasteiger partial charge on any atom is 0.269 e. The summed E-state index contributed by atoms with van der Waals surface area (Å²) in [5.41, 5.74) is 0.0964. The van der Waals surface area contributed by atoms with Crippen molar-refractivity contribution >= 4 is 23.6 Å². The topological polar surface area (TPSA) is 119 Å². The molecular weight excluding hydrogens is 364 g/mol. The van der Waals surface area contributed by atoms with Gasteiger partial charge in [0.25, 0.3) is 17.5 Å². The fourth-order valence-electron chi connectivity index (χ4n) is 2.34. The van der Waals surface area contributed by atoms with Crippen molar-refractivity contribution in [3.05, 3.63) is 69.8 Å². The maximum absolute atomic E-state index is 12.5. The first kappa shape index (κ1) is 20.8. The molecule has 1 aromatic heterocycles. The van der Waals surface area contributed by atoms with Gasteiger partial charge >= 0.3 is 0 Å². The summed E-state index contributed by atoms with van der Waals surface area (Å²) in [4.78, 5) is 36.4. The van der Waals surface area contributed by atoms with E-state index in [-0.39, 0.29) is 16.9 Å². The lowest BCUT2D eigenvalue weighted by Gasteiger charge is -2.11. The molecule has 3 N–H and O–H groups in total. The van der Waals surface area contributed by atoms with Crippen LogP contribution in [0.4, 0.5) is 5.69 Å². The molecule has 0 fully saturated rings. The lowest BCUT2D eigenvalue weighted by Crippen LogP contribution is -3.05. The predicted octanol–water partition coefficient (Wildman–Crippen LogP) is 0.610. The highest BCUT2D eigenvalue weighted by atomic mass is 16.6. The summed E-state index contributed by atoms with van der Waals surface area (Å²) in [6.07, 6.45) is 3.67. The summed E-state index contributed by atoms with van der Waals surface area (Å²) in [5, 5.41) is 16.0. The highest BCUT2D eigenvalue weighted by molar-refractivity contribution is 6.05. The highest BCUT2D eigenvalue weighted by Crippen LogP contribution is 2.13. The summed E-state index contributed by atoms with van der Waals surface area (Å²) in [7, 11) is 4.04. The van der Waals surface area contributed by atoms with Crippen LogP contribution in [0.15, 0.2) is 52.8 Å². The number of carbonyl (C=O) groups excluding carboxylic acids is 2. The number of hydrogen-bond acceptors (Lipinski definition) is 5. The molecule has 148 valence electrons. The second kappa shape index (κ2) is 10.0. The zero-order valence-electron chi connectivity index (χ0n) is 15.7. The largest absolute Gasteiger partial charge is 0.465 e. The molecule has 0 saturated carbocycles. The number of non-ortho nitro benzene ring substituents is 1. The molecule has 0 radical (unpaired) electrons. The zero-order chi connectivity index (χ0) is 20.5. The van der Waals surface area contributed by atoms with Crippen molar-refractivity contribution in [3.63, 3.8) is 0 Å². The number of amides is 2. The number of nitro groups is 1. The zero-order valence-corrected chi connectivity index (χ0v) is 15.7. The Labute approximate surface area is 162 Å². The first-order valence-corrected chi connectivity index (χ1v) is 8.75.